The molecule has 21 heavy (non-hydrogen) atoms. The fourth-order valence-corrected chi connectivity index (χ4v) is 4.13. The van der Waals surface area contributed by atoms with Gasteiger partial charge in [0.1, 0.15) is 0 Å². The fourth-order valence-electron chi connectivity index (χ4n) is 4.13. The minimum absolute atomic E-state index is 0.167. The molecule has 1 N–H and O–H groups in total. The van der Waals surface area contributed by atoms with Gasteiger partial charge >= 0.3 is 0 Å². The average molecular weight is 279 g/mol. The molecule has 2 heteroatoms. The molecular formula is C19H23N2+. The van der Waals surface area contributed by atoms with Gasteiger partial charge in [0.2, 0.25) is 5.69 Å². The first kappa shape index (κ1) is 13.0. The Kier molecular flexibility index (Phi) is 2.45. The van der Waals surface area contributed by atoms with E-state index in [4.69, 9.17) is 0 Å². The van der Waals surface area contributed by atoms with Crippen LogP contribution in [0, 0.1) is 20.8 Å². The summed E-state index contributed by atoms with van der Waals surface area (Å²) in [7, 11) is 2.09. The molecule has 3 atom stereocenters. The van der Waals surface area contributed by atoms with E-state index in [-0.39, 0.29) is 5.54 Å². The van der Waals surface area contributed by atoms with E-state index in [9.17, 15) is 0 Å². The van der Waals surface area contributed by atoms with Gasteiger partial charge in [0, 0.05) is 17.2 Å². The van der Waals surface area contributed by atoms with Crippen molar-refractivity contribution >= 4 is 0 Å². The molecule has 2 aromatic rings. The largest absolute Gasteiger partial charge is 0.308 e. The molecule has 0 radical (unpaired) electrons. The standard InChI is InChI=1S/C19H23N2/c1-11-6-7-14-15(8-11)17-18(19(17,4)20-5)21-10-13(3)12(2)9-16(14)21/h6-10,17-18,20H,1-5H3/q+1. The van der Waals surface area contributed by atoms with Crippen LogP contribution in [-0.4, -0.2) is 12.6 Å². The predicted molar refractivity (Wildman–Crippen MR) is 85.5 cm³/mol. The molecule has 2 aliphatic rings. The summed E-state index contributed by atoms with van der Waals surface area (Å²) in [6.45, 7) is 8.96. The molecule has 4 rings (SSSR count). The lowest BCUT2D eigenvalue weighted by molar-refractivity contribution is -0.695. The van der Waals surface area contributed by atoms with E-state index in [2.05, 4.69) is 75.1 Å². The zero-order valence-electron chi connectivity index (χ0n) is 13.5. The van der Waals surface area contributed by atoms with Crippen LogP contribution in [0.5, 0.6) is 0 Å². The Morgan fingerprint density at radius 2 is 1.86 bits per heavy atom. The van der Waals surface area contributed by atoms with Gasteiger partial charge in [-0.1, -0.05) is 17.7 Å². The van der Waals surface area contributed by atoms with Gasteiger partial charge in [-0.05, 0) is 51.9 Å². The Bertz CT molecular complexity index is 762. The SMILES string of the molecule is CNC1(C)C2c3cc(C)ccc3-c3cc(C)c(C)c[n+]3C21. The summed E-state index contributed by atoms with van der Waals surface area (Å²) in [6, 6.07) is 9.81. The quantitative estimate of drug-likeness (QED) is 0.793. The summed E-state index contributed by atoms with van der Waals surface area (Å²) >= 11 is 0. The zero-order valence-corrected chi connectivity index (χ0v) is 13.5. The van der Waals surface area contributed by atoms with Gasteiger partial charge in [0.05, 0.1) is 11.5 Å². The lowest BCUT2D eigenvalue weighted by Crippen LogP contribution is -2.42. The summed E-state index contributed by atoms with van der Waals surface area (Å²) < 4.78 is 2.50. The average Bonchev–Trinajstić information content (AvgIpc) is 3.08. The highest BCUT2D eigenvalue weighted by molar-refractivity contribution is 5.68. The number of pyridine rings is 1. The maximum atomic E-state index is 3.57. The minimum atomic E-state index is 0.167. The number of hydrogen-bond acceptors (Lipinski definition) is 1. The number of nitrogens with zero attached hydrogens (tertiary/aromatic N) is 1. The molecule has 108 valence electrons. The smallest absolute Gasteiger partial charge is 0.213 e. The number of aromatic nitrogens is 1. The van der Waals surface area contributed by atoms with Gasteiger partial charge in [0.15, 0.2) is 12.2 Å². The van der Waals surface area contributed by atoms with E-state index in [1.165, 1.54) is 33.5 Å². The third-order valence-electron chi connectivity index (χ3n) is 5.71. The van der Waals surface area contributed by atoms with Crippen molar-refractivity contribution in [3.63, 3.8) is 0 Å². The first-order chi connectivity index (χ1) is 9.97. The first-order valence-corrected chi connectivity index (χ1v) is 7.79. The van der Waals surface area contributed by atoms with Gasteiger partial charge in [-0.3, -0.25) is 0 Å². The van der Waals surface area contributed by atoms with Gasteiger partial charge in [-0.25, -0.2) is 0 Å². The van der Waals surface area contributed by atoms with Crippen LogP contribution in [0.4, 0.5) is 0 Å². The third kappa shape index (κ3) is 1.54. The molecule has 3 unspecified atom stereocenters. The second-order valence-corrected chi connectivity index (χ2v) is 6.98. The number of fused-ring (bicyclic) bond motifs is 6. The summed E-state index contributed by atoms with van der Waals surface area (Å²) in [5.41, 5.74) is 8.56. The number of hydrogen-bond donors (Lipinski definition) is 1. The summed E-state index contributed by atoms with van der Waals surface area (Å²) in [5, 5.41) is 3.57. The van der Waals surface area contributed by atoms with Crippen LogP contribution in [0.15, 0.2) is 30.5 Å². The van der Waals surface area contributed by atoms with Crippen molar-refractivity contribution in [2.75, 3.05) is 7.05 Å². The number of benzene rings is 1. The monoisotopic (exact) mass is 279 g/mol. The van der Waals surface area contributed by atoms with E-state index >= 15 is 0 Å². The second kappa shape index (κ2) is 3.95. The number of nitrogens with one attached hydrogen (secondary N) is 1. The van der Waals surface area contributed by atoms with Crippen LogP contribution in [0.2, 0.25) is 0 Å². The van der Waals surface area contributed by atoms with Gasteiger partial charge in [0.25, 0.3) is 0 Å². The van der Waals surface area contributed by atoms with Crippen LogP contribution in [0.1, 0.15) is 41.1 Å². The molecular weight excluding hydrogens is 256 g/mol. The first-order valence-electron chi connectivity index (χ1n) is 7.79. The Balaban J connectivity index is 2.04. The van der Waals surface area contributed by atoms with Crippen molar-refractivity contribution in [3.8, 4) is 11.3 Å². The molecule has 1 aromatic carbocycles. The highest BCUT2D eigenvalue weighted by Gasteiger charge is 2.71. The molecule has 2 heterocycles. The minimum Gasteiger partial charge on any atom is -0.308 e. The van der Waals surface area contributed by atoms with E-state index in [1.807, 2.05) is 0 Å². The summed E-state index contributed by atoms with van der Waals surface area (Å²) in [5.74, 6) is 0.581. The molecule has 1 aliphatic heterocycles. The number of rotatable bonds is 1. The second-order valence-electron chi connectivity index (χ2n) is 6.98. The van der Waals surface area contributed by atoms with Crippen molar-refractivity contribution in [2.24, 2.45) is 0 Å². The van der Waals surface area contributed by atoms with Crippen LogP contribution >= 0.6 is 0 Å². The summed E-state index contributed by atoms with van der Waals surface area (Å²) in [6.07, 6.45) is 2.34. The van der Waals surface area contributed by atoms with Crippen molar-refractivity contribution in [1.82, 2.24) is 5.32 Å². The number of likely N-dealkylation sites (N-methyl/N-ethyl adjacent to an activating group) is 1. The highest BCUT2D eigenvalue weighted by atomic mass is 15.2. The van der Waals surface area contributed by atoms with E-state index < -0.39 is 0 Å². The molecule has 1 fully saturated rings. The van der Waals surface area contributed by atoms with Crippen LogP contribution in [0.25, 0.3) is 11.3 Å². The topological polar surface area (TPSA) is 15.9 Å². The van der Waals surface area contributed by atoms with Crippen molar-refractivity contribution in [1.29, 1.82) is 0 Å². The lowest BCUT2D eigenvalue weighted by Gasteiger charge is -2.15. The molecule has 0 amide bonds. The van der Waals surface area contributed by atoms with Gasteiger partial charge < -0.3 is 5.32 Å². The summed E-state index contributed by atoms with van der Waals surface area (Å²) in [4.78, 5) is 0. The van der Waals surface area contributed by atoms with Crippen molar-refractivity contribution in [3.05, 3.63) is 52.7 Å². The highest BCUT2D eigenvalue weighted by Crippen LogP contribution is 2.62. The predicted octanol–water partition coefficient (Wildman–Crippen LogP) is 3.20. The molecule has 0 bridgehead atoms. The molecule has 1 saturated carbocycles. The molecule has 2 nitrogen and oxygen atoms in total. The molecule has 0 spiro atoms. The van der Waals surface area contributed by atoms with Crippen LogP contribution in [-0.2, 0) is 0 Å². The zero-order chi connectivity index (χ0) is 14.9. The maximum absolute atomic E-state index is 3.57. The van der Waals surface area contributed by atoms with Gasteiger partial charge in [-0.2, -0.15) is 4.57 Å². The van der Waals surface area contributed by atoms with E-state index in [1.54, 1.807) is 0 Å². The number of aryl methyl sites for hydroxylation is 3. The van der Waals surface area contributed by atoms with E-state index in [0.717, 1.165) is 0 Å². The van der Waals surface area contributed by atoms with Crippen LogP contribution in [0.3, 0.4) is 0 Å². The van der Waals surface area contributed by atoms with Crippen molar-refractivity contribution in [2.45, 2.75) is 45.2 Å². The van der Waals surface area contributed by atoms with E-state index in [0.29, 0.717) is 12.0 Å². The normalized spacial score (nSPS) is 28.6. The lowest BCUT2D eigenvalue weighted by atomic mass is 9.93. The molecule has 1 aromatic heterocycles. The van der Waals surface area contributed by atoms with Gasteiger partial charge in [-0.15, -0.1) is 0 Å². The fraction of sp³-hybridized carbons (Fsp3) is 0.421. The maximum Gasteiger partial charge on any atom is 0.213 e. The molecule has 0 saturated heterocycles. The Morgan fingerprint density at radius 1 is 1.10 bits per heavy atom. The van der Waals surface area contributed by atoms with Crippen LogP contribution < -0.4 is 9.88 Å². The Labute approximate surface area is 126 Å². The van der Waals surface area contributed by atoms with Crippen molar-refractivity contribution < 1.29 is 4.57 Å². The Hall–Kier alpha value is -1.67. The Morgan fingerprint density at radius 3 is 2.57 bits per heavy atom. The molecule has 1 aliphatic carbocycles. The third-order valence-corrected chi connectivity index (χ3v) is 5.71.